The molecule has 0 saturated carbocycles. The van der Waals surface area contributed by atoms with Crippen LogP contribution in [0.2, 0.25) is 0 Å². The number of allylic oxidation sites excluding steroid dienone is 18. The lowest BCUT2D eigenvalue weighted by Crippen LogP contribution is -2.61. The number of carbonyl (C=O) groups is 4. The van der Waals surface area contributed by atoms with Crippen molar-refractivity contribution in [1.82, 2.24) is 0 Å². The number of ether oxygens (including phenoxy) is 5. The second-order valence-corrected chi connectivity index (χ2v) is 17.8. The fraction of sp³-hybridized carbons (Fsp3) is 0.627. The van der Waals surface area contributed by atoms with Crippen LogP contribution in [0.25, 0.3) is 0 Å². The second kappa shape index (κ2) is 46.5. The van der Waals surface area contributed by atoms with Crippen molar-refractivity contribution in [2.24, 2.45) is 0 Å². The van der Waals surface area contributed by atoms with E-state index in [0.29, 0.717) is 25.7 Å². The van der Waals surface area contributed by atoms with Crippen LogP contribution in [0, 0.1) is 0 Å². The van der Waals surface area contributed by atoms with E-state index in [4.69, 9.17) is 23.7 Å². The van der Waals surface area contributed by atoms with Crippen LogP contribution in [-0.4, -0.2) is 89.2 Å². The fourth-order valence-corrected chi connectivity index (χ4v) is 7.27. The Hall–Kier alpha value is -4.62. The number of hydrogen-bond acceptors (Lipinski definition) is 11. The molecule has 400 valence electrons. The summed E-state index contributed by atoms with van der Waals surface area (Å²) in [5.74, 6) is -3.27. The molecule has 1 saturated heterocycles. The van der Waals surface area contributed by atoms with E-state index in [1.54, 1.807) is 0 Å². The lowest BCUT2D eigenvalue weighted by molar-refractivity contribution is -0.301. The van der Waals surface area contributed by atoms with Gasteiger partial charge in [0.05, 0.1) is 6.61 Å². The molecule has 1 aliphatic rings. The van der Waals surface area contributed by atoms with Crippen molar-refractivity contribution < 1.29 is 58.2 Å². The van der Waals surface area contributed by atoms with Gasteiger partial charge in [-0.15, -0.1) is 0 Å². The molecule has 1 rings (SSSR count). The van der Waals surface area contributed by atoms with Gasteiger partial charge in [0.15, 0.2) is 24.6 Å². The highest BCUT2D eigenvalue weighted by Gasteiger charge is 2.50. The van der Waals surface area contributed by atoms with Gasteiger partial charge < -0.3 is 39.0 Å². The van der Waals surface area contributed by atoms with Gasteiger partial charge in [-0.05, 0) is 96.3 Å². The Labute approximate surface area is 427 Å². The Kier molecular flexibility index (Phi) is 42.1. The number of carbonyl (C=O) groups excluding carboxylic acids is 3. The maximum atomic E-state index is 13.0. The maximum absolute atomic E-state index is 13.0. The molecule has 0 amide bonds. The van der Waals surface area contributed by atoms with Gasteiger partial charge in [0.2, 0.25) is 0 Å². The molecule has 0 aromatic carbocycles. The molecule has 12 nitrogen and oxygen atoms in total. The van der Waals surface area contributed by atoms with Crippen LogP contribution in [0.4, 0.5) is 0 Å². The van der Waals surface area contributed by atoms with E-state index in [-0.39, 0.29) is 25.9 Å². The topological polar surface area (TPSA) is 175 Å². The average molecular weight is 993 g/mol. The molecule has 0 aromatic rings. The highest BCUT2D eigenvalue weighted by atomic mass is 16.7. The summed E-state index contributed by atoms with van der Waals surface area (Å²) >= 11 is 0. The zero-order valence-electron chi connectivity index (χ0n) is 43.7. The van der Waals surface area contributed by atoms with Crippen LogP contribution < -0.4 is 0 Å². The molecule has 1 fully saturated rings. The number of aliphatic carboxylic acids is 1. The van der Waals surface area contributed by atoms with Gasteiger partial charge in [0.25, 0.3) is 0 Å². The molecule has 0 radical (unpaired) electrons. The van der Waals surface area contributed by atoms with Crippen molar-refractivity contribution in [3.8, 4) is 0 Å². The van der Waals surface area contributed by atoms with Crippen LogP contribution in [0.15, 0.2) is 109 Å². The Morgan fingerprint density at radius 2 is 0.901 bits per heavy atom. The standard InChI is InChI=1S/C59H92O12/c1-4-7-10-13-16-19-21-23-25-26-28-30-32-35-38-41-44-47-53(62)70-57-55(64)54(63)56(58(65)66)71-59(57)68-49-50(69-52(61)46-43-40-37-33-18-15-12-9-6-3)48-67-51(60)45-42-39-36-34-31-29-27-24-22-20-17-14-11-8-5-2/h7-8,10-11,16-17,19-20,23-25,27-28,30-31,34-35,38,50,54-57,59,63-64H,4-6,9,12-15,18,21-22,26,29,32-33,36-37,39-49H2,1-3H3,(H,65,66)/b10-7-,11-8-,19-16-,20-17-,25-23-,27-24-,30-28-,34-31-,38-35-. The lowest BCUT2D eigenvalue weighted by Gasteiger charge is -2.40. The third-order valence-corrected chi connectivity index (χ3v) is 11.3. The first kappa shape index (κ1) is 64.4. The predicted molar refractivity (Wildman–Crippen MR) is 284 cm³/mol. The van der Waals surface area contributed by atoms with Crippen molar-refractivity contribution in [3.05, 3.63) is 109 Å². The predicted octanol–water partition coefficient (Wildman–Crippen LogP) is 13.1. The highest BCUT2D eigenvalue weighted by molar-refractivity contribution is 5.74. The molecular formula is C59H92O12. The second-order valence-electron chi connectivity index (χ2n) is 17.8. The summed E-state index contributed by atoms with van der Waals surface area (Å²) in [7, 11) is 0. The summed E-state index contributed by atoms with van der Waals surface area (Å²) < 4.78 is 28.2. The summed E-state index contributed by atoms with van der Waals surface area (Å²) in [4.78, 5) is 50.8. The Morgan fingerprint density at radius 3 is 1.39 bits per heavy atom. The molecule has 0 aromatic heterocycles. The quantitative estimate of drug-likeness (QED) is 0.0229. The maximum Gasteiger partial charge on any atom is 0.335 e. The Bertz CT molecular complexity index is 1650. The number of esters is 3. The van der Waals surface area contributed by atoms with Crippen LogP contribution in [0.3, 0.4) is 0 Å². The SMILES string of the molecule is CC/C=C\C/C=C\C/C=C\C/C=C\C/C=C\CCCC(=O)OC1C(OCC(COC(=O)CCCC/C=C\C/C=C\C/C=C\C/C=C\CC)OC(=O)CCCCCCCCCCC)OC(C(=O)O)C(O)C1O. The lowest BCUT2D eigenvalue weighted by atomic mass is 9.98. The minimum atomic E-state index is -1.93. The molecule has 12 heteroatoms. The smallest absolute Gasteiger partial charge is 0.335 e. The van der Waals surface area contributed by atoms with Crippen LogP contribution in [0.5, 0.6) is 0 Å². The summed E-state index contributed by atoms with van der Waals surface area (Å²) in [6, 6.07) is 0. The van der Waals surface area contributed by atoms with Gasteiger partial charge in [-0.2, -0.15) is 0 Å². The monoisotopic (exact) mass is 993 g/mol. The van der Waals surface area contributed by atoms with E-state index in [1.807, 2.05) is 12.2 Å². The fourth-order valence-electron chi connectivity index (χ4n) is 7.27. The first-order chi connectivity index (χ1) is 34.6. The number of aliphatic hydroxyl groups excluding tert-OH is 2. The summed E-state index contributed by atoms with van der Waals surface area (Å²) in [6.07, 6.45) is 49.5. The molecule has 0 bridgehead atoms. The number of rotatable bonds is 43. The van der Waals surface area contributed by atoms with Crippen molar-refractivity contribution in [3.63, 3.8) is 0 Å². The normalized spacial score (nSPS) is 19.4. The highest BCUT2D eigenvalue weighted by Crippen LogP contribution is 2.26. The van der Waals surface area contributed by atoms with Crippen LogP contribution >= 0.6 is 0 Å². The number of carboxylic acid groups (broad SMARTS) is 1. The van der Waals surface area contributed by atoms with Gasteiger partial charge in [-0.25, -0.2) is 4.79 Å². The van der Waals surface area contributed by atoms with Gasteiger partial charge >= 0.3 is 23.9 Å². The summed E-state index contributed by atoms with van der Waals surface area (Å²) in [5.41, 5.74) is 0. The van der Waals surface area contributed by atoms with Crippen LogP contribution in [-0.2, 0) is 42.9 Å². The molecule has 6 unspecified atom stereocenters. The largest absolute Gasteiger partial charge is 0.479 e. The van der Waals surface area contributed by atoms with E-state index in [0.717, 1.165) is 89.9 Å². The minimum Gasteiger partial charge on any atom is -0.479 e. The number of hydrogen-bond donors (Lipinski definition) is 3. The van der Waals surface area contributed by atoms with E-state index in [1.165, 1.54) is 32.1 Å². The third kappa shape index (κ3) is 36.9. The molecule has 3 N–H and O–H groups in total. The van der Waals surface area contributed by atoms with Crippen molar-refractivity contribution in [2.75, 3.05) is 13.2 Å². The Balaban J connectivity index is 2.76. The van der Waals surface area contributed by atoms with E-state index in [9.17, 15) is 34.5 Å². The molecule has 0 spiro atoms. The van der Waals surface area contributed by atoms with E-state index >= 15 is 0 Å². The third-order valence-electron chi connectivity index (χ3n) is 11.3. The van der Waals surface area contributed by atoms with Crippen molar-refractivity contribution in [1.29, 1.82) is 0 Å². The van der Waals surface area contributed by atoms with Gasteiger partial charge in [0.1, 0.15) is 18.8 Å². The van der Waals surface area contributed by atoms with Crippen molar-refractivity contribution >= 4 is 23.9 Å². The number of aliphatic hydroxyl groups is 2. The first-order valence-corrected chi connectivity index (χ1v) is 26.9. The number of unbranched alkanes of at least 4 members (excludes halogenated alkanes) is 11. The molecule has 6 atom stereocenters. The summed E-state index contributed by atoms with van der Waals surface area (Å²) in [6.45, 7) is 5.64. The molecule has 71 heavy (non-hydrogen) atoms. The minimum absolute atomic E-state index is 0.0266. The molecule has 1 aliphatic heterocycles. The van der Waals surface area contributed by atoms with Crippen molar-refractivity contribution in [2.45, 2.75) is 225 Å². The van der Waals surface area contributed by atoms with E-state index in [2.05, 4.69) is 118 Å². The molecule has 0 aliphatic carbocycles. The zero-order chi connectivity index (χ0) is 51.8. The Morgan fingerprint density at radius 1 is 0.479 bits per heavy atom. The van der Waals surface area contributed by atoms with Gasteiger partial charge in [-0.1, -0.05) is 182 Å². The van der Waals surface area contributed by atoms with Gasteiger partial charge in [0, 0.05) is 19.3 Å². The van der Waals surface area contributed by atoms with Crippen LogP contribution in [0.1, 0.15) is 188 Å². The van der Waals surface area contributed by atoms with E-state index < -0.39 is 67.3 Å². The first-order valence-electron chi connectivity index (χ1n) is 26.9. The molecular weight excluding hydrogens is 901 g/mol. The average Bonchev–Trinajstić information content (AvgIpc) is 3.35. The summed E-state index contributed by atoms with van der Waals surface area (Å²) in [5, 5.41) is 31.3. The van der Waals surface area contributed by atoms with Gasteiger partial charge in [-0.3, -0.25) is 14.4 Å². The number of carboxylic acids is 1. The zero-order valence-corrected chi connectivity index (χ0v) is 43.7. The molecule has 1 heterocycles.